The molecule has 1 aromatic carbocycles. The lowest BCUT2D eigenvalue weighted by atomic mass is 10.1. The van der Waals surface area contributed by atoms with Gasteiger partial charge in [0.1, 0.15) is 0 Å². The minimum Gasteiger partial charge on any atom is -0.366 e. The van der Waals surface area contributed by atoms with Gasteiger partial charge in [-0.1, -0.05) is 12.1 Å². The maximum absolute atomic E-state index is 12.3. The summed E-state index contributed by atoms with van der Waals surface area (Å²) in [5, 5.41) is 0. The number of nitrogens with two attached hydrogens (primary N) is 1. The average Bonchev–Trinajstić information content (AvgIpc) is 2.46. The van der Waals surface area contributed by atoms with E-state index < -0.39 is 22.2 Å². The predicted octanol–water partition coefficient (Wildman–Crippen LogP) is 2.47. The van der Waals surface area contributed by atoms with Crippen LogP contribution in [-0.2, 0) is 10.8 Å². The Labute approximate surface area is 120 Å². The molecule has 1 unspecified atom stereocenters. The van der Waals surface area contributed by atoms with Crippen molar-refractivity contribution in [3.63, 3.8) is 0 Å². The van der Waals surface area contributed by atoms with Crippen LogP contribution in [0.1, 0.15) is 10.4 Å². The van der Waals surface area contributed by atoms with E-state index in [0.717, 1.165) is 12.1 Å². The summed E-state index contributed by atoms with van der Waals surface area (Å²) in [6.07, 6.45) is 2.74. The molecule has 2 aromatic rings. The van der Waals surface area contributed by atoms with Crippen molar-refractivity contribution < 1.29 is 22.2 Å². The summed E-state index contributed by atoms with van der Waals surface area (Å²) < 4.78 is 48.2. The van der Waals surface area contributed by atoms with Crippen molar-refractivity contribution in [3.8, 4) is 11.1 Å². The predicted molar refractivity (Wildman–Crippen MR) is 70.7 cm³/mol. The van der Waals surface area contributed by atoms with E-state index in [1.807, 2.05) is 0 Å². The van der Waals surface area contributed by atoms with E-state index >= 15 is 0 Å². The zero-order valence-corrected chi connectivity index (χ0v) is 11.2. The van der Waals surface area contributed by atoms with Crippen molar-refractivity contribution in [1.82, 2.24) is 4.98 Å². The number of carbonyl (C=O) groups is 1. The third-order valence-corrected chi connectivity index (χ3v) is 3.76. The third-order valence-electron chi connectivity index (χ3n) is 2.63. The topological polar surface area (TPSA) is 73.1 Å². The number of hydrogen-bond donors (Lipinski definition) is 1. The summed E-state index contributed by atoms with van der Waals surface area (Å²) in [6.45, 7) is 0. The van der Waals surface area contributed by atoms with Crippen LogP contribution in [-0.4, -0.2) is 20.6 Å². The molecular weight excluding hydrogens is 305 g/mol. The van der Waals surface area contributed by atoms with Crippen molar-refractivity contribution in [2.45, 2.75) is 10.4 Å². The molecule has 0 fully saturated rings. The summed E-state index contributed by atoms with van der Waals surface area (Å²) in [5.41, 5.74) is 1.58. The number of pyridine rings is 1. The number of aromatic nitrogens is 1. The molecular formula is C13H9F3N2O2S. The van der Waals surface area contributed by atoms with Crippen molar-refractivity contribution in [3.05, 3.63) is 48.3 Å². The van der Waals surface area contributed by atoms with Crippen LogP contribution in [0.2, 0.25) is 0 Å². The normalized spacial score (nSPS) is 12.9. The molecule has 0 saturated carbocycles. The Morgan fingerprint density at radius 1 is 1.10 bits per heavy atom. The number of benzene rings is 1. The molecule has 8 heteroatoms. The lowest BCUT2D eigenvalue weighted by molar-refractivity contribution is -0.0384. The van der Waals surface area contributed by atoms with Gasteiger partial charge in [0, 0.05) is 22.9 Å². The molecule has 110 valence electrons. The number of carbonyl (C=O) groups excluding carboxylic acids is 1. The smallest absolute Gasteiger partial charge is 0.366 e. The first-order valence-electron chi connectivity index (χ1n) is 5.63. The summed E-state index contributed by atoms with van der Waals surface area (Å²) >= 11 is 0. The highest BCUT2D eigenvalue weighted by atomic mass is 32.2. The lowest BCUT2D eigenvalue weighted by Crippen LogP contribution is -2.16. The van der Waals surface area contributed by atoms with Crippen LogP contribution in [0.5, 0.6) is 0 Å². The number of alkyl halides is 3. The molecule has 2 rings (SSSR count). The molecule has 0 bridgehead atoms. The molecule has 0 aliphatic carbocycles. The number of nitrogens with zero attached hydrogens (tertiary/aromatic N) is 1. The number of rotatable bonds is 3. The minimum absolute atomic E-state index is 0.190. The molecule has 1 amide bonds. The lowest BCUT2D eigenvalue weighted by Gasteiger charge is -2.07. The van der Waals surface area contributed by atoms with E-state index in [1.165, 1.54) is 30.6 Å². The second kappa shape index (κ2) is 5.65. The van der Waals surface area contributed by atoms with Gasteiger partial charge in [0.05, 0.1) is 5.56 Å². The molecule has 1 aromatic heterocycles. The van der Waals surface area contributed by atoms with Crippen molar-refractivity contribution in [1.29, 1.82) is 0 Å². The van der Waals surface area contributed by atoms with Gasteiger partial charge < -0.3 is 5.73 Å². The highest BCUT2D eigenvalue weighted by Gasteiger charge is 2.37. The van der Waals surface area contributed by atoms with Gasteiger partial charge in [-0.25, -0.2) is 4.21 Å². The van der Waals surface area contributed by atoms with Crippen molar-refractivity contribution in [2.75, 3.05) is 0 Å². The summed E-state index contributed by atoms with van der Waals surface area (Å²) in [4.78, 5) is 14.6. The van der Waals surface area contributed by atoms with E-state index in [9.17, 15) is 22.2 Å². The molecule has 0 radical (unpaired) electrons. The fourth-order valence-electron chi connectivity index (χ4n) is 1.64. The summed E-state index contributed by atoms with van der Waals surface area (Å²) in [6, 6.07) is 6.47. The van der Waals surface area contributed by atoms with Gasteiger partial charge in [0.25, 0.3) is 0 Å². The van der Waals surface area contributed by atoms with Gasteiger partial charge in [-0.2, -0.15) is 13.2 Å². The Balaban J connectivity index is 2.33. The van der Waals surface area contributed by atoms with Gasteiger partial charge in [0.15, 0.2) is 10.8 Å². The molecule has 0 spiro atoms. The molecule has 0 saturated heterocycles. The van der Waals surface area contributed by atoms with Crippen molar-refractivity contribution >= 4 is 16.7 Å². The van der Waals surface area contributed by atoms with Crippen LogP contribution in [0.25, 0.3) is 11.1 Å². The molecule has 0 aliphatic heterocycles. The highest BCUT2D eigenvalue weighted by Crippen LogP contribution is 2.28. The fraction of sp³-hybridized carbons (Fsp3) is 0.0769. The average molecular weight is 314 g/mol. The largest absolute Gasteiger partial charge is 0.475 e. The Morgan fingerprint density at radius 3 is 2.24 bits per heavy atom. The van der Waals surface area contributed by atoms with Gasteiger partial charge in [-0.05, 0) is 23.8 Å². The first-order valence-corrected chi connectivity index (χ1v) is 6.78. The molecule has 21 heavy (non-hydrogen) atoms. The Morgan fingerprint density at radius 2 is 1.71 bits per heavy atom. The quantitative estimate of drug-likeness (QED) is 0.946. The van der Waals surface area contributed by atoms with Crippen LogP contribution >= 0.6 is 0 Å². The first kappa shape index (κ1) is 15.2. The van der Waals surface area contributed by atoms with Gasteiger partial charge in [-0.15, -0.1) is 0 Å². The van der Waals surface area contributed by atoms with E-state index in [2.05, 4.69) is 4.98 Å². The fourth-order valence-corrected chi connectivity index (χ4v) is 2.29. The molecule has 4 nitrogen and oxygen atoms in total. The standard InChI is InChI=1S/C13H9F3N2O2S/c14-13(15,16)21(20)11-3-1-8(2-4-11)9-5-10(12(17)19)7-18-6-9/h1-7H,(H2,17,19). The zero-order valence-electron chi connectivity index (χ0n) is 10.4. The maximum atomic E-state index is 12.3. The van der Waals surface area contributed by atoms with Gasteiger partial charge >= 0.3 is 5.51 Å². The molecule has 1 heterocycles. The second-order valence-electron chi connectivity index (χ2n) is 4.07. The summed E-state index contributed by atoms with van der Waals surface area (Å²) in [7, 11) is -3.07. The van der Waals surface area contributed by atoms with Gasteiger partial charge in [0.2, 0.25) is 5.91 Å². The Kier molecular flexibility index (Phi) is 4.08. The Bertz CT molecular complexity index is 699. The second-order valence-corrected chi connectivity index (χ2v) is 5.54. The molecule has 2 N–H and O–H groups in total. The third kappa shape index (κ3) is 3.46. The van der Waals surface area contributed by atoms with Crippen molar-refractivity contribution in [2.24, 2.45) is 5.73 Å². The highest BCUT2D eigenvalue weighted by molar-refractivity contribution is 7.86. The number of primary amides is 1. The van der Waals surface area contributed by atoms with E-state index in [1.54, 1.807) is 0 Å². The Hall–Kier alpha value is -2.22. The zero-order chi connectivity index (χ0) is 15.6. The van der Waals surface area contributed by atoms with Gasteiger partial charge in [-0.3, -0.25) is 9.78 Å². The maximum Gasteiger partial charge on any atom is 0.475 e. The van der Waals surface area contributed by atoms with E-state index in [0.29, 0.717) is 11.1 Å². The molecule has 1 atom stereocenters. The SMILES string of the molecule is NC(=O)c1cncc(-c2ccc(S(=O)C(F)(F)F)cc2)c1. The van der Waals surface area contributed by atoms with Crippen LogP contribution in [0, 0.1) is 0 Å². The first-order chi connectivity index (χ1) is 9.79. The monoisotopic (exact) mass is 314 g/mol. The van der Waals surface area contributed by atoms with E-state index in [4.69, 9.17) is 5.73 Å². The number of hydrogen-bond acceptors (Lipinski definition) is 3. The van der Waals surface area contributed by atoms with Crippen LogP contribution < -0.4 is 5.73 Å². The van der Waals surface area contributed by atoms with Crippen LogP contribution in [0.15, 0.2) is 47.6 Å². The number of halogens is 3. The molecule has 0 aliphatic rings. The van der Waals surface area contributed by atoms with Crippen LogP contribution in [0.4, 0.5) is 13.2 Å². The van der Waals surface area contributed by atoms with E-state index in [-0.39, 0.29) is 10.5 Å². The number of amides is 1. The summed E-state index contributed by atoms with van der Waals surface area (Å²) in [5.74, 6) is -0.654. The van der Waals surface area contributed by atoms with Crippen LogP contribution in [0.3, 0.4) is 0 Å². The minimum atomic E-state index is -4.80.